The Morgan fingerprint density at radius 1 is 1.09 bits per heavy atom. The number of para-hydroxylation sites is 1. The molecule has 0 saturated heterocycles. The number of nitrogens with one attached hydrogen (secondary N) is 1. The fourth-order valence-electron chi connectivity index (χ4n) is 3.56. The maximum Gasteiger partial charge on any atom is 0.283 e. The molecule has 0 atom stereocenters. The summed E-state index contributed by atoms with van der Waals surface area (Å²) < 4.78 is 17.2. The summed E-state index contributed by atoms with van der Waals surface area (Å²) in [5.41, 5.74) is 3.02. The first-order chi connectivity index (χ1) is 16.4. The number of ether oxygens (including phenoxy) is 3. The molecule has 0 fully saturated rings. The Labute approximate surface area is 202 Å². The van der Waals surface area contributed by atoms with Crippen molar-refractivity contribution in [2.75, 3.05) is 20.3 Å². The number of thioether (sulfide) groups is 1. The summed E-state index contributed by atoms with van der Waals surface area (Å²) in [6.45, 7) is 6.73. The highest BCUT2D eigenvalue weighted by Gasteiger charge is 2.35. The number of rotatable bonds is 8. The van der Waals surface area contributed by atoms with Crippen molar-refractivity contribution in [1.29, 1.82) is 5.41 Å². The van der Waals surface area contributed by atoms with Crippen LogP contribution in [0.3, 0.4) is 0 Å². The molecule has 0 aromatic heterocycles. The largest absolute Gasteiger partial charge is 0.493 e. The van der Waals surface area contributed by atoms with E-state index in [1.165, 1.54) is 16.8 Å². The average molecular weight is 479 g/mol. The monoisotopic (exact) mass is 478 g/mol. The van der Waals surface area contributed by atoms with Crippen molar-refractivity contribution >= 4 is 39.8 Å². The van der Waals surface area contributed by atoms with E-state index in [1.54, 1.807) is 31.4 Å². The molecule has 1 amide bonds. The molecule has 8 nitrogen and oxygen atoms in total. The van der Waals surface area contributed by atoms with Crippen molar-refractivity contribution in [3.05, 3.63) is 58.7 Å². The summed E-state index contributed by atoms with van der Waals surface area (Å²) in [7, 11) is 1.55. The number of carbonyl (C=O) groups excluding carboxylic acids is 1. The summed E-state index contributed by atoms with van der Waals surface area (Å²) in [4.78, 5) is 16.6. The van der Waals surface area contributed by atoms with Crippen LogP contribution in [0.5, 0.6) is 17.2 Å². The Bertz CT molecular complexity index is 1220. The molecular weight excluding hydrogens is 452 g/mol. The zero-order valence-corrected chi connectivity index (χ0v) is 20.4. The van der Waals surface area contributed by atoms with Crippen molar-refractivity contribution in [3.8, 4) is 17.2 Å². The van der Waals surface area contributed by atoms with Crippen molar-refractivity contribution in [1.82, 2.24) is 5.01 Å². The molecule has 4 rings (SSSR count). The third-order valence-electron chi connectivity index (χ3n) is 5.29. The van der Waals surface area contributed by atoms with Gasteiger partial charge in [0, 0.05) is 0 Å². The second-order valence-corrected chi connectivity index (χ2v) is 8.74. The molecule has 2 aromatic carbocycles. The number of hydrogen-bond donors (Lipinski definition) is 1. The van der Waals surface area contributed by atoms with Crippen LogP contribution >= 0.6 is 11.8 Å². The highest BCUT2D eigenvalue weighted by molar-refractivity contribution is 8.26. The van der Waals surface area contributed by atoms with E-state index in [2.05, 4.69) is 10.1 Å². The van der Waals surface area contributed by atoms with Gasteiger partial charge in [0.1, 0.15) is 24.0 Å². The Kier molecular flexibility index (Phi) is 7.02. The predicted molar refractivity (Wildman–Crippen MR) is 135 cm³/mol. The molecule has 0 bridgehead atoms. The molecule has 0 saturated carbocycles. The Morgan fingerprint density at radius 3 is 2.53 bits per heavy atom. The molecule has 0 unspecified atom stereocenters. The van der Waals surface area contributed by atoms with E-state index >= 15 is 0 Å². The zero-order valence-electron chi connectivity index (χ0n) is 19.5. The van der Waals surface area contributed by atoms with Crippen LogP contribution in [0.1, 0.15) is 30.0 Å². The lowest BCUT2D eigenvalue weighted by Crippen LogP contribution is -2.35. The average Bonchev–Trinajstić information content (AvgIpc) is 3.24. The van der Waals surface area contributed by atoms with Crippen LogP contribution in [-0.2, 0) is 4.79 Å². The van der Waals surface area contributed by atoms with E-state index in [-0.39, 0.29) is 11.4 Å². The van der Waals surface area contributed by atoms with Gasteiger partial charge in [-0.25, -0.2) is 0 Å². The lowest BCUT2D eigenvalue weighted by molar-refractivity contribution is -0.114. The maximum atomic E-state index is 12.5. The molecule has 1 N–H and O–H groups in total. The number of nitrogens with zero attached hydrogens (tertiary/aromatic N) is 3. The first-order valence-corrected chi connectivity index (χ1v) is 11.7. The third-order valence-corrected chi connectivity index (χ3v) is 6.35. The minimum atomic E-state index is -0.459. The first-order valence-electron chi connectivity index (χ1n) is 10.9. The normalized spacial score (nSPS) is 16.4. The Morgan fingerprint density at radius 2 is 1.82 bits per heavy atom. The molecule has 2 aromatic rings. The van der Waals surface area contributed by atoms with Gasteiger partial charge in [0.2, 0.25) is 5.17 Å². The van der Waals surface area contributed by atoms with Crippen molar-refractivity contribution in [2.45, 2.75) is 27.2 Å². The van der Waals surface area contributed by atoms with Crippen LogP contribution in [0, 0.1) is 19.3 Å². The van der Waals surface area contributed by atoms with E-state index in [9.17, 15) is 4.79 Å². The number of carbonyl (C=O) groups is 1. The van der Waals surface area contributed by atoms with Crippen LogP contribution in [-0.4, -0.2) is 47.3 Å². The van der Waals surface area contributed by atoms with Gasteiger partial charge >= 0.3 is 0 Å². The van der Waals surface area contributed by atoms with Gasteiger partial charge < -0.3 is 14.2 Å². The highest BCUT2D eigenvalue weighted by atomic mass is 32.2. The van der Waals surface area contributed by atoms with Crippen LogP contribution < -0.4 is 14.2 Å². The number of methoxy groups -OCH3 is 1. The van der Waals surface area contributed by atoms with Gasteiger partial charge in [-0.15, -0.1) is 0 Å². The van der Waals surface area contributed by atoms with Crippen molar-refractivity contribution in [3.63, 3.8) is 0 Å². The van der Waals surface area contributed by atoms with E-state index in [0.717, 1.165) is 28.3 Å². The predicted octanol–water partition coefficient (Wildman–Crippen LogP) is 4.80. The summed E-state index contributed by atoms with van der Waals surface area (Å²) in [5.74, 6) is 1.50. The number of fused-ring (bicyclic) bond motifs is 1. The van der Waals surface area contributed by atoms with Crippen LogP contribution in [0.4, 0.5) is 0 Å². The maximum absolute atomic E-state index is 12.5. The number of aryl methyl sites for hydroxylation is 2. The van der Waals surface area contributed by atoms with E-state index in [0.29, 0.717) is 35.4 Å². The molecule has 0 aliphatic carbocycles. The lowest BCUT2D eigenvalue weighted by Gasteiger charge is -2.20. The number of amides is 1. The van der Waals surface area contributed by atoms with Crippen molar-refractivity contribution < 1.29 is 19.0 Å². The number of amidine groups is 2. The molecule has 2 heterocycles. The fraction of sp³-hybridized carbons (Fsp3) is 0.280. The van der Waals surface area contributed by atoms with Gasteiger partial charge in [0.05, 0.1) is 12.7 Å². The van der Waals surface area contributed by atoms with Crippen LogP contribution in [0.2, 0.25) is 0 Å². The van der Waals surface area contributed by atoms with Gasteiger partial charge in [0.15, 0.2) is 17.3 Å². The molecule has 9 heteroatoms. The number of benzene rings is 2. The van der Waals surface area contributed by atoms with Gasteiger partial charge in [-0.05, 0) is 66.9 Å². The minimum Gasteiger partial charge on any atom is -0.493 e. The van der Waals surface area contributed by atoms with Gasteiger partial charge in [-0.1, -0.05) is 31.2 Å². The number of aliphatic imine (C=N–C) groups is 1. The molecule has 0 spiro atoms. The number of hydrazone groups is 1. The number of hydrogen-bond acceptors (Lipinski definition) is 7. The molecule has 2 aliphatic rings. The van der Waals surface area contributed by atoms with Crippen molar-refractivity contribution in [2.24, 2.45) is 10.1 Å². The topological polar surface area (TPSA) is 96.6 Å². The lowest BCUT2D eigenvalue weighted by atomic mass is 10.1. The van der Waals surface area contributed by atoms with Crippen LogP contribution in [0.25, 0.3) is 6.08 Å². The second kappa shape index (κ2) is 10.1. The molecule has 176 valence electrons. The highest BCUT2D eigenvalue weighted by Crippen LogP contribution is 2.32. The standard InChI is InChI=1S/C25H26N4O4S/c1-5-21-28-29-23(26)18(24(30)27-25(29)34-21)13-17-9-10-19(20(14-17)31-4)32-11-12-33-22-15(2)7-6-8-16(22)3/h6-10,13-14,26H,5,11-12H2,1-4H3. The Balaban J connectivity index is 1.45. The summed E-state index contributed by atoms with van der Waals surface area (Å²) in [5, 5.41) is 15.5. The summed E-state index contributed by atoms with van der Waals surface area (Å²) >= 11 is 1.32. The van der Waals surface area contributed by atoms with Gasteiger partial charge in [-0.2, -0.15) is 15.1 Å². The van der Waals surface area contributed by atoms with E-state index in [4.69, 9.17) is 19.6 Å². The smallest absolute Gasteiger partial charge is 0.283 e. The van der Waals surface area contributed by atoms with Crippen LogP contribution in [0.15, 0.2) is 52.1 Å². The molecular formula is C25H26N4O4S. The SMILES string of the molecule is CCC1=NN2C(=N)C(=Cc3ccc(OCCOc4c(C)cccc4C)c(OC)c3)C(=O)N=C2S1. The first kappa shape index (κ1) is 23.6. The Hall–Kier alpha value is -3.59. The van der Waals surface area contributed by atoms with Gasteiger partial charge in [0.25, 0.3) is 5.91 Å². The molecule has 2 aliphatic heterocycles. The summed E-state index contributed by atoms with van der Waals surface area (Å²) in [6, 6.07) is 11.4. The summed E-state index contributed by atoms with van der Waals surface area (Å²) in [6.07, 6.45) is 2.33. The molecule has 34 heavy (non-hydrogen) atoms. The zero-order chi connectivity index (χ0) is 24.2. The van der Waals surface area contributed by atoms with Gasteiger partial charge in [-0.3, -0.25) is 10.2 Å². The van der Waals surface area contributed by atoms with E-state index in [1.807, 2.05) is 39.0 Å². The third kappa shape index (κ3) is 4.84. The quantitative estimate of drug-likeness (QED) is 0.432. The molecule has 0 radical (unpaired) electrons. The minimum absolute atomic E-state index is 0.00823. The second-order valence-electron chi connectivity index (χ2n) is 7.70. The van der Waals surface area contributed by atoms with E-state index < -0.39 is 5.91 Å². The fourth-order valence-corrected chi connectivity index (χ4v) is 4.38.